The summed E-state index contributed by atoms with van der Waals surface area (Å²) >= 11 is 0. The van der Waals surface area contributed by atoms with Crippen LogP contribution in [-0.4, -0.2) is 0 Å². The van der Waals surface area contributed by atoms with E-state index in [1.807, 2.05) is 0 Å². The van der Waals surface area contributed by atoms with E-state index >= 15 is 0 Å². The molecular weight excluding hydrogens is 264 g/mol. The normalized spacial score (nSPS) is 26.4. The van der Waals surface area contributed by atoms with E-state index in [4.69, 9.17) is 0 Å². The third-order valence-electron chi connectivity index (χ3n) is 5.68. The first kappa shape index (κ1) is 14.3. The van der Waals surface area contributed by atoms with Gasteiger partial charge in [0.2, 0.25) is 0 Å². The van der Waals surface area contributed by atoms with Crippen molar-refractivity contribution in [3.05, 3.63) is 52.1 Å². The molecule has 0 spiro atoms. The maximum atomic E-state index is 2.60. The molecule has 4 rings (SSSR count). The smallest absolute Gasteiger partial charge is 0.00109 e. The Morgan fingerprint density at radius 2 is 1.68 bits per heavy atom. The fraction of sp³-hybridized carbons (Fsp3) is 0.545. The highest BCUT2D eigenvalue weighted by Gasteiger charge is 2.48. The highest BCUT2D eigenvalue weighted by atomic mass is 14.5. The number of rotatable bonds is 0. The van der Waals surface area contributed by atoms with Crippen LogP contribution >= 0.6 is 0 Å². The minimum Gasteiger partial charge on any atom is -0.0767 e. The molecule has 1 aromatic rings. The van der Waals surface area contributed by atoms with Gasteiger partial charge in [0.05, 0.1) is 0 Å². The van der Waals surface area contributed by atoms with Crippen molar-refractivity contribution in [2.45, 2.75) is 59.8 Å². The number of hydrogen-bond acceptors (Lipinski definition) is 0. The van der Waals surface area contributed by atoms with E-state index in [2.05, 4.69) is 65.8 Å². The van der Waals surface area contributed by atoms with Crippen molar-refractivity contribution in [3.8, 4) is 0 Å². The lowest BCUT2D eigenvalue weighted by Gasteiger charge is -2.28. The molecule has 0 heterocycles. The standard InChI is InChI=1S/C22H28/c1-21(2,3)18-9-7-8-14-16(18)12-17-19(22(4,5)6)11-13-10-15(13)20(14)17/h7-9,11,13,15H,10,12H2,1-6H3. The Morgan fingerprint density at radius 3 is 2.32 bits per heavy atom. The fourth-order valence-corrected chi connectivity index (χ4v) is 4.58. The average Bonchev–Trinajstić information content (AvgIpc) is 3.06. The van der Waals surface area contributed by atoms with Crippen molar-refractivity contribution in [3.63, 3.8) is 0 Å². The molecule has 2 unspecified atom stereocenters. The third-order valence-corrected chi connectivity index (χ3v) is 5.68. The van der Waals surface area contributed by atoms with Gasteiger partial charge in [0.15, 0.2) is 0 Å². The van der Waals surface area contributed by atoms with Crippen LogP contribution in [0.5, 0.6) is 0 Å². The van der Waals surface area contributed by atoms with Crippen molar-refractivity contribution >= 4 is 5.57 Å². The lowest BCUT2D eigenvalue weighted by molar-refractivity contribution is 0.503. The van der Waals surface area contributed by atoms with E-state index in [0.29, 0.717) is 0 Å². The van der Waals surface area contributed by atoms with Gasteiger partial charge in [-0.25, -0.2) is 0 Å². The molecule has 0 aliphatic heterocycles. The Labute approximate surface area is 135 Å². The zero-order valence-corrected chi connectivity index (χ0v) is 14.9. The summed E-state index contributed by atoms with van der Waals surface area (Å²) < 4.78 is 0. The van der Waals surface area contributed by atoms with Crippen molar-refractivity contribution in [2.24, 2.45) is 17.3 Å². The van der Waals surface area contributed by atoms with Gasteiger partial charge in [-0.2, -0.15) is 0 Å². The van der Waals surface area contributed by atoms with Crippen LogP contribution in [0.2, 0.25) is 0 Å². The van der Waals surface area contributed by atoms with Crippen LogP contribution in [0.15, 0.2) is 35.4 Å². The summed E-state index contributed by atoms with van der Waals surface area (Å²) in [7, 11) is 0. The van der Waals surface area contributed by atoms with Crippen molar-refractivity contribution in [1.82, 2.24) is 0 Å². The molecular formula is C22H28. The summed E-state index contributed by atoms with van der Waals surface area (Å²) in [5, 5.41) is 0. The van der Waals surface area contributed by atoms with Gasteiger partial charge in [-0.05, 0) is 68.9 Å². The summed E-state index contributed by atoms with van der Waals surface area (Å²) in [5.74, 6) is 1.63. The first-order chi connectivity index (χ1) is 10.2. The molecule has 2 atom stereocenters. The average molecular weight is 292 g/mol. The molecule has 0 bridgehead atoms. The van der Waals surface area contributed by atoms with Gasteiger partial charge < -0.3 is 0 Å². The van der Waals surface area contributed by atoms with Crippen LogP contribution in [0.4, 0.5) is 0 Å². The molecule has 3 aliphatic carbocycles. The predicted octanol–water partition coefficient (Wildman–Crippen LogP) is 5.92. The number of fused-ring (bicyclic) bond motifs is 4. The molecule has 1 fully saturated rings. The molecule has 1 saturated carbocycles. The summed E-state index contributed by atoms with van der Waals surface area (Å²) in [6.45, 7) is 14.2. The van der Waals surface area contributed by atoms with Gasteiger partial charge in [0.25, 0.3) is 0 Å². The largest absolute Gasteiger partial charge is 0.0767 e. The van der Waals surface area contributed by atoms with Gasteiger partial charge in [-0.15, -0.1) is 0 Å². The zero-order valence-electron chi connectivity index (χ0n) is 14.9. The lowest BCUT2D eigenvalue weighted by atomic mass is 9.76. The van der Waals surface area contributed by atoms with Crippen molar-refractivity contribution in [1.29, 1.82) is 0 Å². The van der Waals surface area contributed by atoms with Gasteiger partial charge >= 0.3 is 0 Å². The molecule has 116 valence electrons. The van der Waals surface area contributed by atoms with Gasteiger partial charge in [0.1, 0.15) is 0 Å². The van der Waals surface area contributed by atoms with E-state index < -0.39 is 0 Å². The van der Waals surface area contributed by atoms with Crippen molar-refractivity contribution in [2.75, 3.05) is 0 Å². The highest BCUT2D eigenvalue weighted by Crippen LogP contribution is 2.60. The molecule has 0 N–H and O–H groups in total. The second kappa shape index (κ2) is 4.16. The van der Waals surface area contributed by atoms with Crippen LogP contribution in [0.3, 0.4) is 0 Å². The zero-order chi connectivity index (χ0) is 15.9. The number of allylic oxidation sites excluding steroid dienone is 4. The summed E-state index contributed by atoms with van der Waals surface area (Å²) in [6, 6.07) is 7.01. The molecule has 1 aromatic carbocycles. The Hall–Kier alpha value is -1.30. The quantitative estimate of drug-likeness (QED) is 0.557. The minimum absolute atomic E-state index is 0.231. The van der Waals surface area contributed by atoms with E-state index in [9.17, 15) is 0 Å². The molecule has 0 radical (unpaired) electrons. The number of hydrogen-bond donors (Lipinski definition) is 0. The van der Waals surface area contributed by atoms with Crippen molar-refractivity contribution < 1.29 is 0 Å². The van der Waals surface area contributed by atoms with Crippen LogP contribution in [0.1, 0.15) is 64.7 Å². The molecule has 0 heteroatoms. The van der Waals surface area contributed by atoms with E-state index in [-0.39, 0.29) is 10.8 Å². The van der Waals surface area contributed by atoms with Gasteiger partial charge in [-0.3, -0.25) is 0 Å². The molecule has 0 nitrogen and oxygen atoms in total. The Bertz CT molecular complexity index is 713. The molecule has 22 heavy (non-hydrogen) atoms. The van der Waals surface area contributed by atoms with Gasteiger partial charge in [0, 0.05) is 0 Å². The molecule has 0 aromatic heterocycles. The maximum Gasteiger partial charge on any atom is -0.00109 e. The summed E-state index contributed by atoms with van der Waals surface area (Å²) in [5.41, 5.74) is 10.2. The lowest BCUT2D eigenvalue weighted by Crippen LogP contribution is -2.16. The van der Waals surface area contributed by atoms with E-state index in [1.54, 1.807) is 33.4 Å². The second-order valence-electron chi connectivity index (χ2n) is 9.49. The van der Waals surface area contributed by atoms with E-state index in [1.165, 1.54) is 6.42 Å². The molecule has 0 amide bonds. The third kappa shape index (κ3) is 1.96. The summed E-state index contributed by atoms with van der Waals surface area (Å²) in [6.07, 6.45) is 5.13. The first-order valence-electron chi connectivity index (χ1n) is 8.76. The van der Waals surface area contributed by atoms with Crippen LogP contribution < -0.4 is 0 Å². The topological polar surface area (TPSA) is 0 Å². The second-order valence-corrected chi connectivity index (χ2v) is 9.49. The highest BCUT2D eigenvalue weighted by molar-refractivity contribution is 5.85. The number of benzene rings is 1. The first-order valence-corrected chi connectivity index (χ1v) is 8.76. The fourth-order valence-electron chi connectivity index (χ4n) is 4.58. The molecule has 3 aliphatic rings. The van der Waals surface area contributed by atoms with Crippen LogP contribution in [0, 0.1) is 17.3 Å². The van der Waals surface area contributed by atoms with Crippen LogP contribution in [-0.2, 0) is 11.8 Å². The predicted molar refractivity (Wildman–Crippen MR) is 94.9 cm³/mol. The maximum absolute atomic E-state index is 2.60. The summed E-state index contributed by atoms with van der Waals surface area (Å²) in [4.78, 5) is 0. The molecule has 0 saturated heterocycles. The monoisotopic (exact) mass is 292 g/mol. The SMILES string of the molecule is CC(C)(C)C1=CC2CC2C2=C1Cc1c2cccc1C(C)(C)C. The van der Waals surface area contributed by atoms with E-state index in [0.717, 1.165) is 18.3 Å². The minimum atomic E-state index is 0.231. The Balaban J connectivity index is 1.88. The van der Waals surface area contributed by atoms with Gasteiger partial charge in [-0.1, -0.05) is 65.8 Å². The Morgan fingerprint density at radius 1 is 0.955 bits per heavy atom. The van der Waals surface area contributed by atoms with Crippen LogP contribution in [0.25, 0.3) is 5.57 Å². The Kier molecular flexibility index (Phi) is 2.70.